The van der Waals surface area contributed by atoms with Gasteiger partial charge in [-0.15, -0.1) is 0 Å². The topological polar surface area (TPSA) is 9.23 Å². The first-order valence-corrected chi connectivity index (χ1v) is 3.82. The average molecular weight is 179 g/mol. The molecule has 0 N–H and O–H groups in total. The van der Waals surface area contributed by atoms with Gasteiger partial charge in [0.1, 0.15) is 13.3 Å². The predicted molar refractivity (Wildman–Crippen MR) is 45.3 cm³/mol. The van der Waals surface area contributed by atoms with Crippen molar-refractivity contribution in [3.05, 3.63) is 23.4 Å². The fraction of sp³-hybridized carbons (Fsp3) is 0.500. The third-order valence-corrected chi connectivity index (χ3v) is 1.14. The Morgan fingerprint density at radius 1 is 1.73 bits per heavy atom. The molecule has 0 unspecified atom stereocenters. The first kappa shape index (κ1) is 10.5. The molecule has 0 aromatic heterocycles. The molecule has 0 spiro atoms. The molecule has 0 aromatic carbocycles. The van der Waals surface area contributed by atoms with Crippen LogP contribution in [0.1, 0.15) is 13.3 Å². The first-order chi connectivity index (χ1) is 5.20. The van der Waals surface area contributed by atoms with Crippen molar-refractivity contribution in [2.24, 2.45) is 0 Å². The van der Waals surface area contributed by atoms with Gasteiger partial charge in [0.05, 0.1) is 5.76 Å². The molecule has 3 heteroatoms. The lowest BCUT2D eigenvalue weighted by atomic mass is 10.3. The van der Waals surface area contributed by atoms with E-state index in [1.54, 1.807) is 6.08 Å². The molecule has 0 rings (SSSR count). The Morgan fingerprint density at radius 2 is 2.36 bits per heavy atom. The van der Waals surface area contributed by atoms with E-state index in [9.17, 15) is 4.39 Å². The minimum Gasteiger partial charge on any atom is -0.495 e. The molecule has 0 aromatic rings. The molecule has 11 heavy (non-hydrogen) atoms. The van der Waals surface area contributed by atoms with Gasteiger partial charge in [-0.1, -0.05) is 25.1 Å². The summed E-state index contributed by atoms with van der Waals surface area (Å²) in [7, 11) is 0. The van der Waals surface area contributed by atoms with Gasteiger partial charge in [0, 0.05) is 11.5 Å². The fourth-order valence-corrected chi connectivity index (χ4v) is 0.712. The second-order valence-corrected chi connectivity index (χ2v) is 2.43. The van der Waals surface area contributed by atoms with Gasteiger partial charge in [0.25, 0.3) is 0 Å². The van der Waals surface area contributed by atoms with E-state index < -0.39 is 6.67 Å². The van der Waals surface area contributed by atoms with Gasteiger partial charge < -0.3 is 4.74 Å². The lowest BCUT2D eigenvalue weighted by Gasteiger charge is -2.05. The Morgan fingerprint density at radius 3 is 2.73 bits per heavy atom. The molecule has 64 valence electrons. The van der Waals surface area contributed by atoms with E-state index in [2.05, 4.69) is 6.58 Å². The molecule has 0 radical (unpaired) electrons. The molecule has 1 nitrogen and oxygen atoms in total. The maximum Gasteiger partial charge on any atom is 0.123 e. The normalized spacial score (nSPS) is 11.4. The number of allylic oxidation sites excluding steroid dienone is 3. The maximum atomic E-state index is 11.6. The number of ether oxygens (including phenoxy) is 1. The molecule has 0 atom stereocenters. The standard InChI is InChI=1S/C8H12ClFO/c1-3-8(6-7(2)9)11-5-4-10/h6H,2-5H2,1H3/b8-6+. The summed E-state index contributed by atoms with van der Waals surface area (Å²) < 4.78 is 16.6. The molecule has 0 bridgehead atoms. The van der Waals surface area contributed by atoms with Crippen LogP contribution in [0.3, 0.4) is 0 Å². The molecule has 0 fully saturated rings. The smallest absolute Gasteiger partial charge is 0.123 e. The number of halogens is 2. The SMILES string of the molecule is C=C(Cl)/C=C(\CC)OCCF. The Bertz CT molecular complexity index is 154. The van der Waals surface area contributed by atoms with E-state index in [-0.39, 0.29) is 6.61 Å². The van der Waals surface area contributed by atoms with Gasteiger partial charge in [-0.2, -0.15) is 0 Å². The van der Waals surface area contributed by atoms with Gasteiger partial charge in [0.2, 0.25) is 0 Å². The molecule has 0 aliphatic rings. The zero-order valence-electron chi connectivity index (χ0n) is 6.57. The van der Waals surface area contributed by atoms with E-state index in [0.717, 1.165) is 0 Å². The molecular weight excluding hydrogens is 167 g/mol. The molecule has 0 aliphatic carbocycles. The van der Waals surface area contributed by atoms with Crippen molar-refractivity contribution in [2.75, 3.05) is 13.3 Å². The molecule has 0 saturated heterocycles. The van der Waals surface area contributed by atoms with Crippen molar-refractivity contribution >= 4 is 11.6 Å². The van der Waals surface area contributed by atoms with Crippen LogP contribution in [0.2, 0.25) is 0 Å². The highest BCUT2D eigenvalue weighted by Gasteiger charge is 1.94. The lowest BCUT2D eigenvalue weighted by Crippen LogP contribution is -1.95. The largest absolute Gasteiger partial charge is 0.495 e. The first-order valence-electron chi connectivity index (χ1n) is 3.44. The van der Waals surface area contributed by atoms with Crippen LogP contribution in [0.4, 0.5) is 4.39 Å². The van der Waals surface area contributed by atoms with Crippen LogP contribution in [0.15, 0.2) is 23.4 Å². The van der Waals surface area contributed by atoms with Crippen molar-refractivity contribution in [1.82, 2.24) is 0 Å². The second kappa shape index (κ2) is 6.23. The molecule has 0 amide bonds. The molecular formula is C8H12ClFO. The van der Waals surface area contributed by atoms with E-state index in [1.165, 1.54) is 0 Å². The Balaban J connectivity index is 3.84. The minimum absolute atomic E-state index is 0.0871. The number of hydrogen-bond acceptors (Lipinski definition) is 1. The third-order valence-electron chi connectivity index (χ3n) is 1.03. The van der Waals surface area contributed by atoms with Crippen molar-refractivity contribution in [3.8, 4) is 0 Å². The van der Waals surface area contributed by atoms with Crippen LogP contribution >= 0.6 is 11.6 Å². The predicted octanol–water partition coefficient (Wildman–Crippen LogP) is 3.02. The molecule has 0 saturated carbocycles. The van der Waals surface area contributed by atoms with Gasteiger partial charge in [0.15, 0.2) is 0 Å². The summed E-state index contributed by atoms with van der Waals surface area (Å²) in [6.45, 7) is 4.98. The van der Waals surface area contributed by atoms with Gasteiger partial charge in [-0.25, -0.2) is 4.39 Å². The summed E-state index contributed by atoms with van der Waals surface area (Å²) in [5.41, 5.74) is 0. The van der Waals surface area contributed by atoms with E-state index in [1.807, 2.05) is 6.92 Å². The summed E-state index contributed by atoms with van der Waals surface area (Å²) in [6.07, 6.45) is 2.29. The zero-order valence-corrected chi connectivity index (χ0v) is 7.33. The summed E-state index contributed by atoms with van der Waals surface area (Å²) in [6, 6.07) is 0. The highest BCUT2D eigenvalue weighted by molar-refractivity contribution is 6.30. The van der Waals surface area contributed by atoms with Gasteiger partial charge in [-0.3, -0.25) is 0 Å². The van der Waals surface area contributed by atoms with Crippen LogP contribution in [0.5, 0.6) is 0 Å². The zero-order chi connectivity index (χ0) is 8.69. The van der Waals surface area contributed by atoms with Crippen LogP contribution in [-0.4, -0.2) is 13.3 Å². The summed E-state index contributed by atoms with van der Waals surface area (Å²) in [4.78, 5) is 0. The Kier molecular flexibility index (Phi) is 5.94. The summed E-state index contributed by atoms with van der Waals surface area (Å²) in [5.74, 6) is 0.669. The monoisotopic (exact) mass is 178 g/mol. The van der Waals surface area contributed by atoms with Crippen LogP contribution < -0.4 is 0 Å². The Labute approximate surface area is 71.5 Å². The van der Waals surface area contributed by atoms with Crippen LogP contribution in [0, 0.1) is 0 Å². The Hall–Kier alpha value is -0.500. The quantitative estimate of drug-likeness (QED) is 0.465. The highest BCUT2D eigenvalue weighted by Crippen LogP contribution is 2.09. The van der Waals surface area contributed by atoms with Gasteiger partial charge >= 0.3 is 0 Å². The second-order valence-electron chi connectivity index (χ2n) is 1.95. The van der Waals surface area contributed by atoms with E-state index in [0.29, 0.717) is 17.2 Å². The summed E-state index contributed by atoms with van der Waals surface area (Å²) >= 11 is 5.49. The fourth-order valence-electron chi connectivity index (χ4n) is 0.590. The number of rotatable bonds is 5. The lowest BCUT2D eigenvalue weighted by molar-refractivity contribution is 0.181. The van der Waals surface area contributed by atoms with Gasteiger partial charge in [-0.05, 0) is 6.08 Å². The van der Waals surface area contributed by atoms with Crippen molar-refractivity contribution in [2.45, 2.75) is 13.3 Å². The van der Waals surface area contributed by atoms with Crippen molar-refractivity contribution in [1.29, 1.82) is 0 Å². The van der Waals surface area contributed by atoms with Crippen molar-refractivity contribution < 1.29 is 9.13 Å². The number of alkyl halides is 1. The van der Waals surface area contributed by atoms with Crippen LogP contribution in [0.25, 0.3) is 0 Å². The average Bonchev–Trinajstić information content (AvgIpc) is 1.97. The van der Waals surface area contributed by atoms with Crippen LogP contribution in [-0.2, 0) is 4.74 Å². The summed E-state index contributed by atoms with van der Waals surface area (Å²) in [5, 5.41) is 0.403. The van der Waals surface area contributed by atoms with E-state index >= 15 is 0 Å². The molecule has 0 aliphatic heterocycles. The highest BCUT2D eigenvalue weighted by atomic mass is 35.5. The van der Waals surface area contributed by atoms with Crippen molar-refractivity contribution in [3.63, 3.8) is 0 Å². The molecule has 0 heterocycles. The number of hydrogen-bond donors (Lipinski definition) is 0. The minimum atomic E-state index is -0.480. The maximum absolute atomic E-state index is 11.6. The third kappa shape index (κ3) is 5.92. The van der Waals surface area contributed by atoms with E-state index in [4.69, 9.17) is 16.3 Å².